The maximum absolute atomic E-state index is 12.4. The van der Waals surface area contributed by atoms with Gasteiger partial charge in [-0.15, -0.1) is 0 Å². The number of carbonyl (C=O) groups is 1. The molecule has 0 saturated carbocycles. The molecule has 1 aromatic carbocycles. The third kappa shape index (κ3) is 5.27. The van der Waals surface area contributed by atoms with Crippen molar-refractivity contribution in [2.75, 3.05) is 25.0 Å². The van der Waals surface area contributed by atoms with Crippen LogP contribution in [0, 0.1) is 0 Å². The first kappa shape index (κ1) is 19.9. The summed E-state index contributed by atoms with van der Waals surface area (Å²) in [6.07, 6.45) is 2.29. The summed E-state index contributed by atoms with van der Waals surface area (Å²) < 4.78 is 22.5. The fourth-order valence-corrected chi connectivity index (χ4v) is 3.05. The average molecular weight is 376 g/mol. The molecule has 0 radical (unpaired) electrons. The third-order valence-corrected chi connectivity index (χ3v) is 4.96. The average Bonchev–Trinajstić information content (AvgIpc) is 2.62. The second kappa shape index (κ2) is 8.77. The molecule has 2 aromatic rings. The van der Waals surface area contributed by atoms with Crippen molar-refractivity contribution >= 4 is 21.7 Å². The lowest BCUT2D eigenvalue weighted by atomic mass is 10.1. The summed E-state index contributed by atoms with van der Waals surface area (Å²) in [7, 11) is -3.67. The molecule has 3 N–H and O–H groups in total. The molecule has 1 amide bonds. The van der Waals surface area contributed by atoms with Crippen molar-refractivity contribution in [2.45, 2.75) is 25.2 Å². The van der Waals surface area contributed by atoms with Crippen molar-refractivity contribution in [3.05, 3.63) is 53.7 Å². The molecule has 0 aliphatic heterocycles. The van der Waals surface area contributed by atoms with Crippen LogP contribution in [0.25, 0.3) is 0 Å². The van der Waals surface area contributed by atoms with Crippen molar-refractivity contribution in [3.8, 4) is 0 Å². The van der Waals surface area contributed by atoms with E-state index in [4.69, 9.17) is 5.14 Å². The van der Waals surface area contributed by atoms with Crippen LogP contribution in [0.4, 0.5) is 5.82 Å². The summed E-state index contributed by atoms with van der Waals surface area (Å²) in [6.45, 7) is 5.82. The fraction of sp³-hybridized carbons (Fsp3) is 0.333. The van der Waals surface area contributed by atoms with E-state index >= 15 is 0 Å². The molecular formula is C18H24N4O3S. The van der Waals surface area contributed by atoms with E-state index in [2.05, 4.69) is 10.3 Å². The first-order valence-corrected chi connectivity index (χ1v) is 10.0. The highest BCUT2D eigenvalue weighted by Gasteiger charge is 2.13. The van der Waals surface area contributed by atoms with Crippen LogP contribution in [-0.4, -0.2) is 43.8 Å². The first-order valence-electron chi connectivity index (χ1n) is 8.46. The van der Waals surface area contributed by atoms with Gasteiger partial charge >= 0.3 is 0 Å². The Balaban J connectivity index is 1.96. The Morgan fingerprint density at radius 3 is 2.38 bits per heavy atom. The van der Waals surface area contributed by atoms with E-state index in [1.54, 1.807) is 35.4 Å². The summed E-state index contributed by atoms with van der Waals surface area (Å²) in [5.74, 6) is 0.614. The second-order valence-electron chi connectivity index (χ2n) is 5.77. The Labute approximate surface area is 154 Å². The molecule has 1 heterocycles. The molecule has 0 bridgehead atoms. The van der Waals surface area contributed by atoms with Gasteiger partial charge in [0.1, 0.15) is 5.82 Å². The zero-order valence-corrected chi connectivity index (χ0v) is 15.8. The van der Waals surface area contributed by atoms with E-state index in [-0.39, 0.29) is 10.8 Å². The van der Waals surface area contributed by atoms with Crippen LogP contribution in [0.2, 0.25) is 0 Å². The number of carbonyl (C=O) groups excluding carboxylic acids is 1. The summed E-state index contributed by atoms with van der Waals surface area (Å²) in [6, 6.07) is 9.89. The molecule has 8 heteroatoms. The monoisotopic (exact) mass is 376 g/mol. The Kier molecular flexibility index (Phi) is 6.70. The lowest BCUT2D eigenvalue weighted by Crippen LogP contribution is -2.30. The highest BCUT2D eigenvalue weighted by Crippen LogP contribution is 2.12. The highest BCUT2D eigenvalue weighted by atomic mass is 32.2. The van der Waals surface area contributed by atoms with E-state index in [1.165, 1.54) is 12.1 Å². The van der Waals surface area contributed by atoms with Gasteiger partial charge in [-0.25, -0.2) is 18.5 Å². The molecular weight excluding hydrogens is 352 g/mol. The van der Waals surface area contributed by atoms with Crippen molar-refractivity contribution < 1.29 is 13.2 Å². The number of nitrogens with zero attached hydrogens (tertiary/aromatic N) is 2. The van der Waals surface area contributed by atoms with Crippen LogP contribution in [0.3, 0.4) is 0 Å². The molecule has 0 unspecified atom stereocenters. The maximum atomic E-state index is 12.4. The van der Waals surface area contributed by atoms with E-state index < -0.39 is 10.0 Å². The number of aromatic nitrogens is 1. The molecule has 0 fully saturated rings. The fourth-order valence-electron chi connectivity index (χ4n) is 2.53. The van der Waals surface area contributed by atoms with Gasteiger partial charge in [0.05, 0.1) is 4.90 Å². The zero-order valence-electron chi connectivity index (χ0n) is 15.0. The molecule has 0 aliphatic carbocycles. The summed E-state index contributed by atoms with van der Waals surface area (Å²) in [4.78, 5) is 18.5. The predicted molar refractivity (Wildman–Crippen MR) is 101 cm³/mol. The molecule has 1 aromatic heterocycles. The van der Waals surface area contributed by atoms with Gasteiger partial charge in [0.15, 0.2) is 0 Å². The number of benzene rings is 1. The van der Waals surface area contributed by atoms with Crippen LogP contribution in [0.5, 0.6) is 0 Å². The molecule has 7 nitrogen and oxygen atoms in total. The second-order valence-corrected chi connectivity index (χ2v) is 7.33. The largest absolute Gasteiger partial charge is 0.370 e. The summed E-state index contributed by atoms with van der Waals surface area (Å²) in [5, 5.41) is 8.27. The van der Waals surface area contributed by atoms with Crippen LogP contribution in [-0.2, 0) is 16.4 Å². The maximum Gasteiger partial charge on any atom is 0.254 e. The number of pyridine rings is 1. The molecule has 0 atom stereocenters. The van der Waals surface area contributed by atoms with Gasteiger partial charge in [-0.3, -0.25) is 4.79 Å². The van der Waals surface area contributed by atoms with E-state index in [9.17, 15) is 13.2 Å². The zero-order chi connectivity index (χ0) is 19.2. The lowest BCUT2D eigenvalue weighted by Gasteiger charge is -2.18. The minimum atomic E-state index is -3.67. The number of amides is 1. The molecule has 0 spiro atoms. The Hall–Kier alpha value is -2.45. The number of nitrogens with one attached hydrogen (secondary N) is 1. The Bertz CT molecular complexity index is 847. The molecule has 0 aliphatic rings. The minimum absolute atomic E-state index is 0.0148. The summed E-state index contributed by atoms with van der Waals surface area (Å²) >= 11 is 0. The number of hydrogen-bond donors (Lipinski definition) is 2. The van der Waals surface area contributed by atoms with Gasteiger partial charge in [0.2, 0.25) is 10.0 Å². The minimum Gasteiger partial charge on any atom is -0.370 e. The van der Waals surface area contributed by atoms with E-state index in [1.807, 2.05) is 13.8 Å². The molecule has 26 heavy (non-hydrogen) atoms. The number of anilines is 1. The van der Waals surface area contributed by atoms with Crippen molar-refractivity contribution in [2.24, 2.45) is 5.14 Å². The van der Waals surface area contributed by atoms with Crippen LogP contribution >= 0.6 is 0 Å². The summed E-state index contributed by atoms with van der Waals surface area (Å²) in [5.41, 5.74) is 1.57. The SMILES string of the molecule is CCN(CC)C(=O)c1ccnc(NCCc2ccc(S(N)(=O)=O)cc2)c1. The third-order valence-electron chi connectivity index (χ3n) is 4.03. The topological polar surface area (TPSA) is 105 Å². The first-order chi connectivity index (χ1) is 12.3. The van der Waals surface area contributed by atoms with Gasteiger partial charge < -0.3 is 10.2 Å². The predicted octanol–water partition coefficient (Wildman–Crippen LogP) is 1.87. The van der Waals surface area contributed by atoms with Crippen molar-refractivity contribution in [1.82, 2.24) is 9.88 Å². The van der Waals surface area contributed by atoms with Crippen LogP contribution in [0.1, 0.15) is 29.8 Å². The highest BCUT2D eigenvalue weighted by molar-refractivity contribution is 7.89. The number of nitrogens with two attached hydrogens (primary N) is 1. The normalized spacial score (nSPS) is 11.2. The molecule has 0 saturated heterocycles. The van der Waals surface area contributed by atoms with Crippen molar-refractivity contribution in [3.63, 3.8) is 0 Å². The smallest absolute Gasteiger partial charge is 0.254 e. The standard InChI is InChI=1S/C18H24N4O3S/c1-3-22(4-2)18(23)15-10-12-21-17(13-15)20-11-9-14-5-7-16(8-6-14)26(19,24)25/h5-8,10,12-13H,3-4,9,11H2,1-2H3,(H,20,21)(H2,19,24,25). The number of sulfonamides is 1. The van der Waals surface area contributed by atoms with Crippen LogP contribution < -0.4 is 10.5 Å². The van der Waals surface area contributed by atoms with Crippen molar-refractivity contribution in [1.29, 1.82) is 0 Å². The number of rotatable bonds is 8. The Morgan fingerprint density at radius 2 is 1.81 bits per heavy atom. The quantitative estimate of drug-likeness (QED) is 0.732. The van der Waals surface area contributed by atoms with E-state index in [0.29, 0.717) is 37.4 Å². The van der Waals surface area contributed by atoms with Gasteiger partial charge in [-0.05, 0) is 50.1 Å². The number of hydrogen-bond acceptors (Lipinski definition) is 5. The van der Waals surface area contributed by atoms with E-state index in [0.717, 1.165) is 5.56 Å². The van der Waals surface area contributed by atoms with Gasteiger partial charge in [-0.1, -0.05) is 12.1 Å². The lowest BCUT2D eigenvalue weighted by molar-refractivity contribution is 0.0773. The van der Waals surface area contributed by atoms with Gasteiger partial charge in [0, 0.05) is 31.4 Å². The molecule has 2 rings (SSSR count). The van der Waals surface area contributed by atoms with Gasteiger partial charge in [-0.2, -0.15) is 0 Å². The van der Waals surface area contributed by atoms with Crippen LogP contribution in [0.15, 0.2) is 47.5 Å². The van der Waals surface area contributed by atoms with Gasteiger partial charge in [0.25, 0.3) is 5.91 Å². The Morgan fingerprint density at radius 1 is 1.15 bits per heavy atom. The molecule has 140 valence electrons. The number of primary sulfonamides is 1.